The van der Waals surface area contributed by atoms with E-state index in [0.29, 0.717) is 23.0 Å². The summed E-state index contributed by atoms with van der Waals surface area (Å²) < 4.78 is 20.1. The SMILES string of the molecule is CC(F)Oc1ccc(C(=O)Cc2cc3cc(-c4cnn(C5CCN(C)CC5)c4)ccc3cn2)cc1. The maximum atomic E-state index is 13.0. The topological polar surface area (TPSA) is 60.2 Å². The van der Waals surface area contributed by atoms with Crippen LogP contribution in [0.1, 0.15) is 41.9 Å². The lowest BCUT2D eigenvalue weighted by molar-refractivity contribution is 0.0860. The molecular weight excluding hydrogens is 443 g/mol. The molecule has 1 unspecified atom stereocenters. The number of rotatable bonds is 7. The smallest absolute Gasteiger partial charge is 0.235 e. The molecule has 0 aliphatic carbocycles. The van der Waals surface area contributed by atoms with Crippen LogP contribution in [0.15, 0.2) is 67.1 Å². The second-order valence-electron chi connectivity index (χ2n) is 9.27. The molecule has 0 N–H and O–H groups in total. The Balaban J connectivity index is 1.32. The van der Waals surface area contributed by atoms with E-state index in [4.69, 9.17) is 4.74 Å². The molecule has 1 aliphatic heterocycles. The number of piperidine rings is 1. The molecule has 0 saturated carbocycles. The summed E-state index contributed by atoms with van der Waals surface area (Å²) in [7, 11) is 2.16. The Morgan fingerprint density at radius 1 is 1.06 bits per heavy atom. The third kappa shape index (κ3) is 5.41. The minimum Gasteiger partial charge on any atom is -0.461 e. The van der Waals surface area contributed by atoms with Crippen LogP contribution in [0.3, 0.4) is 0 Å². The van der Waals surface area contributed by atoms with Gasteiger partial charge in [0.15, 0.2) is 5.78 Å². The lowest BCUT2D eigenvalue weighted by Crippen LogP contribution is -2.31. The molecule has 1 aliphatic rings. The van der Waals surface area contributed by atoms with Crippen LogP contribution < -0.4 is 4.74 Å². The fourth-order valence-corrected chi connectivity index (χ4v) is 4.58. The number of likely N-dealkylation sites (tertiary alicyclic amines) is 1. The predicted molar refractivity (Wildman–Crippen MR) is 134 cm³/mol. The number of pyridine rings is 1. The van der Waals surface area contributed by atoms with E-state index in [1.165, 1.54) is 6.92 Å². The van der Waals surface area contributed by atoms with Crippen molar-refractivity contribution in [2.45, 2.75) is 38.6 Å². The van der Waals surface area contributed by atoms with Crippen molar-refractivity contribution in [3.63, 3.8) is 0 Å². The van der Waals surface area contributed by atoms with Crippen LogP contribution in [-0.2, 0) is 6.42 Å². The fourth-order valence-electron chi connectivity index (χ4n) is 4.58. The van der Waals surface area contributed by atoms with Crippen LogP contribution in [0.25, 0.3) is 21.9 Å². The van der Waals surface area contributed by atoms with Gasteiger partial charge in [0, 0.05) is 41.5 Å². The lowest BCUT2D eigenvalue weighted by atomic mass is 10.0. The largest absolute Gasteiger partial charge is 0.461 e. The van der Waals surface area contributed by atoms with Gasteiger partial charge in [-0.25, -0.2) is 4.39 Å². The van der Waals surface area contributed by atoms with Gasteiger partial charge in [0.25, 0.3) is 0 Å². The van der Waals surface area contributed by atoms with Gasteiger partial charge >= 0.3 is 0 Å². The minimum atomic E-state index is -1.40. The first-order valence-electron chi connectivity index (χ1n) is 12.0. The Bertz CT molecular complexity index is 1320. The van der Waals surface area contributed by atoms with E-state index < -0.39 is 6.36 Å². The fraction of sp³-hybridized carbons (Fsp3) is 0.321. The Morgan fingerprint density at radius 3 is 2.57 bits per heavy atom. The zero-order valence-electron chi connectivity index (χ0n) is 20.0. The maximum Gasteiger partial charge on any atom is 0.235 e. The third-order valence-electron chi connectivity index (χ3n) is 6.59. The molecule has 4 aromatic rings. The average molecular weight is 473 g/mol. The summed E-state index contributed by atoms with van der Waals surface area (Å²) in [6, 6.07) is 15.2. The molecule has 0 amide bonds. The molecule has 2 aromatic carbocycles. The first-order valence-corrected chi connectivity index (χ1v) is 12.0. The van der Waals surface area contributed by atoms with Crippen LogP contribution in [-0.4, -0.2) is 51.9 Å². The molecule has 6 nitrogen and oxygen atoms in total. The maximum absolute atomic E-state index is 13.0. The molecule has 1 atom stereocenters. The van der Waals surface area contributed by atoms with Crippen LogP contribution in [0.5, 0.6) is 5.75 Å². The van der Waals surface area contributed by atoms with Crippen LogP contribution in [0, 0.1) is 0 Å². The van der Waals surface area contributed by atoms with Crippen molar-refractivity contribution in [3.05, 3.63) is 78.4 Å². The van der Waals surface area contributed by atoms with Gasteiger partial charge in [-0.3, -0.25) is 14.5 Å². The molecule has 180 valence electrons. The molecule has 3 heterocycles. The number of benzene rings is 2. The summed E-state index contributed by atoms with van der Waals surface area (Å²) >= 11 is 0. The van der Waals surface area contributed by atoms with Gasteiger partial charge in [-0.05, 0) is 80.3 Å². The molecule has 1 saturated heterocycles. The van der Waals surface area contributed by atoms with E-state index >= 15 is 0 Å². The van der Waals surface area contributed by atoms with Crippen molar-refractivity contribution < 1.29 is 13.9 Å². The number of hydrogen-bond acceptors (Lipinski definition) is 5. The Hall–Kier alpha value is -3.58. The van der Waals surface area contributed by atoms with Crippen molar-refractivity contribution >= 4 is 16.6 Å². The number of carbonyl (C=O) groups excluding carboxylic acids is 1. The van der Waals surface area contributed by atoms with Crippen molar-refractivity contribution in [1.29, 1.82) is 0 Å². The second-order valence-corrected chi connectivity index (χ2v) is 9.27. The molecule has 2 aromatic heterocycles. The van der Waals surface area contributed by atoms with Crippen molar-refractivity contribution in [3.8, 4) is 16.9 Å². The van der Waals surface area contributed by atoms with Gasteiger partial charge in [0.1, 0.15) is 5.75 Å². The first-order chi connectivity index (χ1) is 16.9. The van der Waals surface area contributed by atoms with E-state index in [9.17, 15) is 9.18 Å². The molecule has 35 heavy (non-hydrogen) atoms. The van der Waals surface area contributed by atoms with E-state index in [1.54, 1.807) is 24.3 Å². The Kier molecular flexibility index (Phi) is 6.59. The number of nitrogens with zero attached hydrogens (tertiary/aromatic N) is 4. The highest BCUT2D eigenvalue weighted by atomic mass is 19.1. The molecular formula is C28H29FN4O2. The van der Waals surface area contributed by atoms with Crippen LogP contribution in [0.4, 0.5) is 4.39 Å². The molecule has 1 fully saturated rings. The molecule has 5 rings (SSSR count). The summed E-state index contributed by atoms with van der Waals surface area (Å²) in [4.78, 5) is 19.6. The third-order valence-corrected chi connectivity index (χ3v) is 6.59. The normalized spacial score (nSPS) is 15.9. The molecule has 0 bridgehead atoms. The minimum absolute atomic E-state index is 0.0488. The number of ketones is 1. The quantitative estimate of drug-likeness (QED) is 0.333. The van der Waals surface area contributed by atoms with Crippen molar-refractivity contribution in [2.75, 3.05) is 20.1 Å². The summed E-state index contributed by atoms with van der Waals surface area (Å²) in [6.07, 6.45) is 6.90. The highest BCUT2D eigenvalue weighted by molar-refractivity contribution is 5.98. The highest BCUT2D eigenvalue weighted by Crippen LogP contribution is 2.28. The highest BCUT2D eigenvalue weighted by Gasteiger charge is 2.19. The van der Waals surface area contributed by atoms with E-state index in [1.807, 2.05) is 18.5 Å². The monoisotopic (exact) mass is 472 g/mol. The molecule has 0 spiro atoms. The van der Waals surface area contributed by atoms with Gasteiger partial charge in [0.2, 0.25) is 6.36 Å². The zero-order valence-corrected chi connectivity index (χ0v) is 20.0. The number of carbonyl (C=O) groups is 1. The molecule has 0 radical (unpaired) electrons. The average Bonchev–Trinajstić information content (AvgIpc) is 3.34. The van der Waals surface area contributed by atoms with Gasteiger partial charge in [-0.2, -0.15) is 5.10 Å². The van der Waals surface area contributed by atoms with Crippen molar-refractivity contribution in [2.24, 2.45) is 0 Å². The number of halogens is 1. The lowest BCUT2D eigenvalue weighted by Gasteiger charge is -2.28. The van der Waals surface area contributed by atoms with E-state index in [2.05, 4.69) is 51.1 Å². The summed E-state index contributed by atoms with van der Waals surface area (Å²) in [5.41, 5.74) is 3.43. The Labute approximate surface area is 204 Å². The number of aromatic nitrogens is 3. The van der Waals surface area contributed by atoms with Crippen molar-refractivity contribution in [1.82, 2.24) is 19.7 Å². The first kappa shape index (κ1) is 23.2. The number of Topliss-reactive ketones (excluding diaryl/α,β-unsaturated/α-hetero) is 1. The standard InChI is InChI=1S/C28H29FN4O2/c1-19(29)35-27-7-5-20(6-8-27)28(34)15-25-14-23-13-21(3-4-22(23)16-30-25)24-17-31-33(18-24)26-9-11-32(2)12-10-26/h3-8,13-14,16-19,26H,9-12,15H2,1-2H3. The van der Waals surface area contributed by atoms with Gasteiger partial charge in [-0.15, -0.1) is 0 Å². The number of fused-ring (bicyclic) bond motifs is 1. The summed E-state index contributed by atoms with van der Waals surface area (Å²) in [6.45, 7) is 3.51. The van der Waals surface area contributed by atoms with Crippen LogP contribution in [0.2, 0.25) is 0 Å². The number of alkyl halides is 1. The predicted octanol–water partition coefficient (Wildman–Crippen LogP) is 5.48. The van der Waals surface area contributed by atoms with Gasteiger partial charge in [-0.1, -0.05) is 12.1 Å². The van der Waals surface area contributed by atoms with Gasteiger partial charge < -0.3 is 9.64 Å². The number of hydrogen-bond donors (Lipinski definition) is 0. The van der Waals surface area contributed by atoms with Gasteiger partial charge in [0.05, 0.1) is 18.7 Å². The molecule has 7 heteroatoms. The summed E-state index contributed by atoms with van der Waals surface area (Å²) in [5.74, 6) is 0.347. The Morgan fingerprint density at radius 2 is 1.83 bits per heavy atom. The second kappa shape index (κ2) is 9.96. The number of ether oxygens (including phenoxy) is 1. The van der Waals surface area contributed by atoms with E-state index in [-0.39, 0.29) is 12.2 Å². The zero-order chi connectivity index (χ0) is 24.4. The summed E-state index contributed by atoms with van der Waals surface area (Å²) in [5, 5.41) is 6.70. The van der Waals surface area contributed by atoms with Crippen LogP contribution >= 0.6 is 0 Å². The van der Waals surface area contributed by atoms with E-state index in [0.717, 1.165) is 47.8 Å².